The molecule has 8 nitrogen and oxygen atoms in total. The van der Waals surface area contributed by atoms with Crippen LogP contribution in [0.2, 0.25) is 5.02 Å². The van der Waals surface area contributed by atoms with Crippen LogP contribution in [-0.2, 0) is 9.53 Å². The van der Waals surface area contributed by atoms with Gasteiger partial charge < -0.3 is 24.8 Å². The summed E-state index contributed by atoms with van der Waals surface area (Å²) in [5.41, 5.74) is 1.55. The van der Waals surface area contributed by atoms with Crippen LogP contribution in [0.5, 0.6) is 11.5 Å². The number of rotatable bonds is 8. The highest BCUT2D eigenvalue weighted by Crippen LogP contribution is 2.36. The summed E-state index contributed by atoms with van der Waals surface area (Å²) in [6, 6.07) is 10.7. The van der Waals surface area contributed by atoms with Crippen molar-refractivity contribution < 1.29 is 19.0 Å². The van der Waals surface area contributed by atoms with E-state index in [0.717, 1.165) is 36.9 Å². The van der Waals surface area contributed by atoms with E-state index in [9.17, 15) is 4.79 Å². The fourth-order valence-electron chi connectivity index (χ4n) is 3.91. The number of halogens is 2. The lowest BCUT2D eigenvalue weighted by atomic mass is 10.0. The molecule has 1 atom stereocenters. The van der Waals surface area contributed by atoms with Gasteiger partial charge in [-0.15, -0.1) is 12.4 Å². The zero-order chi connectivity index (χ0) is 23.2. The molecule has 0 saturated carbocycles. The number of carbonyl (C=O) groups is 1. The highest BCUT2D eigenvalue weighted by molar-refractivity contribution is 6.30. The quantitative estimate of drug-likeness (QED) is 0.429. The first-order valence-electron chi connectivity index (χ1n) is 10.9. The normalized spacial score (nSPS) is 14.7. The van der Waals surface area contributed by atoms with Crippen molar-refractivity contribution in [2.75, 3.05) is 32.6 Å². The summed E-state index contributed by atoms with van der Waals surface area (Å²) >= 11 is 6.20. The van der Waals surface area contributed by atoms with Crippen molar-refractivity contribution in [1.29, 1.82) is 0 Å². The van der Waals surface area contributed by atoms with Crippen LogP contribution in [0, 0.1) is 0 Å². The van der Waals surface area contributed by atoms with Gasteiger partial charge in [-0.05, 0) is 49.7 Å². The number of benzene rings is 2. The number of hydrogen-bond donors (Lipinski definition) is 2. The second-order valence-corrected chi connectivity index (χ2v) is 8.28. The fourth-order valence-corrected chi connectivity index (χ4v) is 4.11. The van der Waals surface area contributed by atoms with E-state index in [2.05, 4.69) is 20.6 Å². The molecule has 2 aromatic carbocycles. The topological polar surface area (TPSA) is 94.6 Å². The van der Waals surface area contributed by atoms with Gasteiger partial charge in [-0.3, -0.25) is 4.79 Å². The Balaban J connectivity index is 0.00000324. The Bertz CT molecular complexity index is 1130. The zero-order valence-electron chi connectivity index (χ0n) is 19.0. The van der Waals surface area contributed by atoms with E-state index in [0.29, 0.717) is 27.9 Å². The maximum Gasteiger partial charge on any atom is 0.307 e. The molecular formula is C24H28Cl2N4O4. The third kappa shape index (κ3) is 6.20. The Hall–Kier alpha value is -2.81. The summed E-state index contributed by atoms with van der Waals surface area (Å²) in [5, 5.41) is 8.07. The van der Waals surface area contributed by atoms with Crippen molar-refractivity contribution >= 4 is 46.7 Å². The number of ether oxygens (including phenoxy) is 3. The number of piperidine rings is 1. The van der Waals surface area contributed by atoms with Gasteiger partial charge in [0.15, 0.2) is 11.5 Å². The number of fused-ring (bicyclic) bond motifs is 1. The van der Waals surface area contributed by atoms with Crippen LogP contribution in [0.1, 0.15) is 30.9 Å². The smallest absolute Gasteiger partial charge is 0.307 e. The minimum Gasteiger partial charge on any atom is -0.493 e. The highest BCUT2D eigenvalue weighted by atomic mass is 35.5. The number of nitrogens with zero attached hydrogens (tertiary/aromatic N) is 2. The van der Waals surface area contributed by atoms with Crippen LogP contribution in [0.15, 0.2) is 42.7 Å². The molecule has 0 bridgehead atoms. The van der Waals surface area contributed by atoms with E-state index in [4.69, 9.17) is 25.8 Å². The van der Waals surface area contributed by atoms with E-state index in [-0.39, 0.29) is 30.9 Å². The Kier molecular flexibility index (Phi) is 9.15. The Morgan fingerprint density at radius 3 is 2.68 bits per heavy atom. The molecule has 0 aliphatic carbocycles. The minimum atomic E-state index is -0.398. The van der Waals surface area contributed by atoms with Gasteiger partial charge in [0.05, 0.1) is 32.2 Å². The average Bonchev–Trinajstić information content (AvgIpc) is 2.84. The lowest BCUT2D eigenvalue weighted by Gasteiger charge is -2.25. The standard InChI is InChI=1S/C24H27ClN4O4.ClH/c1-31-21-12-20-18(11-22(21)33-17-6-8-26-9-7-17)24(28-14-27-20)29-19(13-23(30)32-2)15-4-3-5-16(25)10-15;/h3-5,10-12,14,17,19,26H,6-9,13H2,1-2H3,(H,27,28,29);1H. The van der Waals surface area contributed by atoms with Gasteiger partial charge in [-0.25, -0.2) is 9.97 Å². The summed E-state index contributed by atoms with van der Waals surface area (Å²) < 4.78 is 16.8. The van der Waals surface area contributed by atoms with E-state index in [1.54, 1.807) is 13.2 Å². The van der Waals surface area contributed by atoms with Crippen LogP contribution in [0.4, 0.5) is 5.82 Å². The van der Waals surface area contributed by atoms with Crippen molar-refractivity contribution in [2.45, 2.75) is 31.4 Å². The molecule has 10 heteroatoms. The lowest BCUT2D eigenvalue weighted by Crippen LogP contribution is -2.34. The lowest BCUT2D eigenvalue weighted by molar-refractivity contribution is -0.140. The molecule has 1 aliphatic heterocycles. The van der Waals surface area contributed by atoms with Gasteiger partial charge in [0.1, 0.15) is 18.2 Å². The molecule has 1 fully saturated rings. The number of carbonyl (C=O) groups excluding carboxylic acids is 1. The first-order chi connectivity index (χ1) is 16.1. The molecule has 2 N–H and O–H groups in total. The van der Waals surface area contributed by atoms with Gasteiger partial charge in [0.25, 0.3) is 0 Å². The summed E-state index contributed by atoms with van der Waals surface area (Å²) in [6.07, 6.45) is 3.54. The molecule has 0 spiro atoms. The van der Waals surface area contributed by atoms with Crippen LogP contribution < -0.4 is 20.1 Å². The molecule has 0 amide bonds. The van der Waals surface area contributed by atoms with Gasteiger partial charge in [0, 0.05) is 16.5 Å². The van der Waals surface area contributed by atoms with Crippen LogP contribution in [0.3, 0.4) is 0 Å². The summed E-state index contributed by atoms with van der Waals surface area (Å²) in [5.74, 6) is 1.49. The van der Waals surface area contributed by atoms with Crippen molar-refractivity contribution in [2.24, 2.45) is 0 Å². The predicted molar refractivity (Wildman–Crippen MR) is 134 cm³/mol. The molecule has 1 unspecified atom stereocenters. The van der Waals surface area contributed by atoms with Crippen LogP contribution >= 0.6 is 24.0 Å². The zero-order valence-corrected chi connectivity index (χ0v) is 20.6. The molecule has 182 valence electrons. The number of nitrogens with one attached hydrogen (secondary N) is 2. The van der Waals surface area contributed by atoms with Gasteiger partial charge in [-0.1, -0.05) is 23.7 Å². The third-order valence-corrected chi connectivity index (χ3v) is 5.90. The van der Waals surface area contributed by atoms with Crippen molar-refractivity contribution in [1.82, 2.24) is 15.3 Å². The van der Waals surface area contributed by atoms with Gasteiger partial charge in [-0.2, -0.15) is 0 Å². The molecule has 3 aromatic rings. The second-order valence-electron chi connectivity index (χ2n) is 7.84. The number of methoxy groups -OCH3 is 2. The Morgan fingerprint density at radius 2 is 1.97 bits per heavy atom. The molecule has 1 aliphatic rings. The maximum absolute atomic E-state index is 12.1. The van der Waals surface area contributed by atoms with Gasteiger partial charge >= 0.3 is 5.97 Å². The molecule has 1 aromatic heterocycles. The number of aromatic nitrogens is 2. The summed E-state index contributed by atoms with van der Waals surface area (Å²) in [7, 11) is 2.98. The number of hydrogen-bond acceptors (Lipinski definition) is 8. The highest BCUT2D eigenvalue weighted by Gasteiger charge is 2.21. The Morgan fingerprint density at radius 1 is 1.18 bits per heavy atom. The molecule has 34 heavy (non-hydrogen) atoms. The number of anilines is 1. The van der Waals surface area contributed by atoms with E-state index in [1.165, 1.54) is 13.4 Å². The van der Waals surface area contributed by atoms with E-state index in [1.807, 2.05) is 30.3 Å². The van der Waals surface area contributed by atoms with E-state index < -0.39 is 6.04 Å². The molecule has 2 heterocycles. The molecular weight excluding hydrogens is 479 g/mol. The van der Waals surface area contributed by atoms with Crippen LogP contribution in [-0.4, -0.2) is 49.4 Å². The fraction of sp³-hybridized carbons (Fsp3) is 0.375. The third-order valence-electron chi connectivity index (χ3n) is 5.66. The molecule has 4 rings (SSSR count). The monoisotopic (exact) mass is 506 g/mol. The first kappa shape index (κ1) is 25.8. The molecule has 0 radical (unpaired) electrons. The summed E-state index contributed by atoms with van der Waals surface area (Å²) in [4.78, 5) is 21.0. The number of esters is 1. The maximum atomic E-state index is 12.1. The van der Waals surface area contributed by atoms with E-state index >= 15 is 0 Å². The van der Waals surface area contributed by atoms with Crippen LogP contribution in [0.25, 0.3) is 10.9 Å². The predicted octanol–water partition coefficient (Wildman–Crippen LogP) is 4.56. The van der Waals surface area contributed by atoms with Crippen molar-refractivity contribution in [3.05, 3.63) is 53.3 Å². The molecule has 1 saturated heterocycles. The summed E-state index contributed by atoms with van der Waals surface area (Å²) in [6.45, 7) is 1.84. The first-order valence-corrected chi connectivity index (χ1v) is 11.2. The largest absolute Gasteiger partial charge is 0.493 e. The van der Waals surface area contributed by atoms with Gasteiger partial charge in [0.2, 0.25) is 0 Å². The Labute approximate surface area is 209 Å². The average molecular weight is 507 g/mol. The minimum absolute atomic E-state index is 0. The SMILES string of the molecule is COC(=O)CC(Nc1ncnc2cc(OC)c(OC3CCNCC3)cc12)c1cccc(Cl)c1.Cl. The van der Waals surface area contributed by atoms with Crippen molar-refractivity contribution in [3.63, 3.8) is 0 Å². The second kappa shape index (κ2) is 12.1. The van der Waals surface area contributed by atoms with Crippen molar-refractivity contribution in [3.8, 4) is 11.5 Å².